The molecule has 0 fully saturated rings. The minimum Gasteiger partial charge on any atom is -0.481 e. The van der Waals surface area contributed by atoms with Gasteiger partial charge in [0.25, 0.3) is 5.91 Å². The molecule has 0 aromatic heterocycles. The lowest BCUT2D eigenvalue weighted by Crippen LogP contribution is -2.30. The van der Waals surface area contributed by atoms with Crippen LogP contribution in [0.25, 0.3) is 0 Å². The van der Waals surface area contributed by atoms with Crippen molar-refractivity contribution < 1.29 is 14.3 Å². The third-order valence-corrected chi connectivity index (χ3v) is 3.94. The standard InChI is InChI=1S/C21H26N2O3/c1-5-16-9-11-19(12-10-16)26-15(4)21(25)23-18-8-6-7-17(13-18)22-20(24)14(2)3/h6-15H,5H2,1-4H3,(H,22,24)(H,23,25). The van der Waals surface area contributed by atoms with E-state index in [4.69, 9.17) is 4.74 Å². The van der Waals surface area contributed by atoms with Gasteiger partial charge >= 0.3 is 0 Å². The second kappa shape index (κ2) is 9.04. The number of amides is 2. The first-order chi connectivity index (χ1) is 12.4. The van der Waals surface area contributed by atoms with E-state index in [-0.39, 0.29) is 17.7 Å². The van der Waals surface area contributed by atoms with Crippen molar-refractivity contribution in [2.45, 2.75) is 40.2 Å². The Kier molecular flexibility index (Phi) is 6.78. The Hall–Kier alpha value is -2.82. The molecular weight excluding hydrogens is 328 g/mol. The Balaban J connectivity index is 1.96. The van der Waals surface area contributed by atoms with E-state index in [1.807, 2.05) is 38.1 Å². The smallest absolute Gasteiger partial charge is 0.265 e. The molecule has 0 saturated heterocycles. The van der Waals surface area contributed by atoms with Gasteiger partial charge in [0, 0.05) is 17.3 Å². The van der Waals surface area contributed by atoms with Crippen molar-refractivity contribution in [1.82, 2.24) is 0 Å². The molecule has 0 aliphatic heterocycles. The molecule has 0 heterocycles. The number of carbonyl (C=O) groups excluding carboxylic acids is 2. The molecule has 2 N–H and O–H groups in total. The quantitative estimate of drug-likeness (QED) is 0.781. The number of ether oxygens (including phenoxy) is 1. The summed E-state index contributed by atoms with van der Waals surface area (Å²) in [4.78, 5) is 24.1. The van der Waals surface area contributed by atoms with Gasteiger partial charge in [0.05, 0.1) is 0 Å². The molecule has 2 rings (SSSR count). The van der Waals surface area contributed by atoms with E-state index in [1.165, 1.54) is 5.56 Å². The number of nitrogens with one attached hydrogen (secondary N) is 2. The topological polar surface area (TPSA) is 67.4 Å². The molecule has 5 heteroatoms. The average Bonchev–Trinajstić information content (AvgIpc) is 2.62. The SMILES string of the molecule is CCc1ccc(OC(C)C(=O)Nc2cccc(NC(=O)C(C)C)c2)cc1. The largest absolute Gasteiger partial charge is 0.481 e. The first-order valence-corrected chi connectivity index (χ1v) is 8.86. The molecule has 2 aromatic carbocycles. The molecule has 26 heavy (non-hydrogen) atoms. The Bertz CT molecular complexity index is 754. The van der Waals surface area contributed by atoms with Crippen LogP contribution in [0, 0.1) is 5.92 Å². The minimum absolute atomic E-state index is 0.0688. The van der Waals surface area contributed by atoms with Crippen LogP contribution in [0.1, 0.15) is 33.3 Å². The zero-order valence-corrected chi connectivity index (χ0v) is 15.7. The summed E-state index contributed by atoms with van der Waals surface area (Å²) in [7, 11) is 0. The van der Waals surface area contributed by atoms with Gasteiger partial charge in [0.15, 0.2) is 6.10 Å². The molecule has 0 saturated carbocycles. The van der Waals surface area contributed by atoms with Crippen molar-refractivity contribution >= 4 is 23.2 Å². The zero-order valence-electron chi connectivity index (χ0n) is 15.7. The highest BCUT2D eigenvalue weighted by Gasteiger charge is 2.15. The Labute approximate surface area is 154 Å². The normalized spacial score (nSPS) is 11.7. The summed E-state index contributed by atoms with van der Waals surface area (Å²) in [6.07, 6.45) is 0.316. The average molecular weight is 354 g/mol. The molecular formula is C21H26N2O3. The summed E-state index contributed by atoms with van der Waals surface area (Å²) in [5.74, 6) is 0.223. The van der Waals surface area contributed by atoms with Crippen LogP contribution in [-0.2, 0) is 16.0 Å². The number of hydrogen-bond donors (Lipinski definition) is 2. The summed E-state index contributed by atoms with van der Waals surface area (Å²) in [5, 5.41) is 5.63. The maximum Gasteiger partial charge on any atom is 0.265 e. The van der Waals surface area contributed by atoms with Crippen molar-refractivity contribution in [3.8, 4) is 5.75 Å². The van der Waals surface area contributed by atoms with Gasteiger partial charge in [-0.2, -0.15) is 0 Å². The molecule has 2 aromatic rings. The van der Waals surface area contributed by atoms with Crippen LogP contribution in [0.5, 0.6) is 5.75 Å². The fourth-order valence-corrected chi connectivity index (χ4v) is 2.27. The number of benzene rings is 2. The van der Waals surface area contributed by atoms with Gasteiger partial charge in [-0.15, -0.1) is 0 Å². The predicted octanol–water partition coefficient (Wildman–Crippen LogP) is 4.25. The summed E-state index contributed by atoms with van der Waals surface area (Å²) >= 11 is 0. The van der Waals surface area contributed by atoms with Crippen molar-refractivity contribution in [2.24, 2.45) is 5.92 Å². The zero-order chi connectivity index (χ0) is 19.1. The lowest BCUT2D eigenvalue weighted by molar-refractivity contribution is -0.122. The number of aryl methyl sites for hydroxylation is 1. The molecule has 0 bridgehead atoms. The third-order valence-electron chi connectivity index (χ3n) is 3.94. The number of anilines is 2. The number of carbonyl (C=O) groups is 2. The van der Waals surface area contributed by atoms with Crippen molar-refractivity contribution in [1.29, 1.82) is 0 Å². The lowest BCUT2D eigenvalue weighted by Gasteiger charge is -2.15. The third kappa shape index (κ3) is 5.62. The van der Waals surface area contributed by atoms with Gasteiger partial charge in [-0.1, -0.05) is 39.0 Å². The fourth-order valence-electron chi connectivity index (χ4n) is 2.27. The maximum atomic E-state index is 12.4. The highest BCUT2D eigenvalue weighted by Crippen LogP contribution is 2.18. The van der Waals surface area contributed by atoms with Gasteiger partial charge < -0.3 is 15.4 Å². The van der Waals surface area contributed by atoms with Crippen LogP contribution in [0.15, 0.2) is 48.5 Å². The van der Waals surface area contributed by atoms with Crippen LogP contribution in [-0.4, -0.2) is 17.9 Å². The van der Waals surface area contributed by atoms with Crippen molar-refractivity contribution in [3.05, 3.63) is 54.1 Å². The van der Waals surface area contributed by atoms with E-state index < -0.39 is 6.10 Å². The molecule has 0 radical (unpaired) electrons. The number of hydrogen-bond acceptors (Lipinski definition) is 3. The van der Waals surface area contributed by atoms with Crippen LogP contribution in [0.4, 0.5) is 11.4 Å². The van der Waals surface area contributed by atoms with Gasteiger partial charge in [0.2, 0.25) is 5.91 Å². The lowest BCUT2D eigenvalue weighted by atomic mass is 10.2. The molecule has 138 valence electrons. The predicted molar refractivity (Wildman–Crippen MR) is 104 cm³/mol. The molecule has 1 unspecified atom stereocenters. The summed E-state index contributed by atoms with van der Waals surface area (Å²) in [6, 6.07) is 14.8. The molecule has 0 aliphatic carbocycles. The van der Waals surface area contributed by atoms with E-state index in [2.05, 4.69) is 17.6 Å². The summed E-state index contributed by atoms with van der Waals surface area (Å²) in [5.41, 5.74) is 2.47. The Morgan fingerprint density at radius 2 is 1.50 bits per heavy atom. The van der Waals surface area contributed by atoms with Crippen LogP contribution >= 0.6 is 0 Å². The Morgan fingerprint density at radius 1 is 0.923 bits per heavy atom. The molecule has 0 spiro atoms. The van der Waals surface area contributed by atoms with E-state index in [0.717, 1.165) is 6.42 Å². The Morgan fingerprint density at radius 3 is 2.04 bits per heavy atom. The van der Waals surface area contributed by atoms with E-state index >= 15 is 0 Å². The van der Waals surface area contributed by atoms with E-state index in [9.17, 15) is 9.59 Å². The van der Waals surface area contributed by atoms with E-state index in [1.54, 1.807) is 31.2 Å². The van der Waals surface area contributed by atoms with Gasteiger partial charge in [0.1, 0.15) is 5.75 Å². The fraction of sp³-hybridized carbons (Fsp3) is 0.333. The number of rotatable bonds is 7. The van der Waals surface area contributed by atoms with E-state index in [0.29, 0.717) is 17.1 Å². The van der Waals surface area contributed by atoms with Crippen LogP contribution < -0.4 is 15.4 Å². The summed E-state index contributed by atoms with van der Waals surface area (Å²) < 4.78 is 5.69. The van der Waals surface area contributed by atoms with Crippen LogP contribution in [0.2, 0.25) is 0 Å². The first-order valence-electron chi connectivity index (χ1n) is 8.86. The highest BCUT2D eigenvalue weighted by molar-refractivity contribution is 5.96. The minimum atomic E-state index is -0.642. The van der Waals surface area contributed by atoms with Gasteiger partial charge in [-0.05, 0) is 49.2 Å². The molecule has 2 amide bonds. The second-order valence-electron chi connectivity index (χ2n) is 6.47. The molecule has 5 nitrogen and oxygen atoms in total. The van der Waals surface area contributed by atoms with Crippen molar-refractivity contribution in [3.63, 3.8) is 0 Å². The first kappa shape index (κ1) is 19.5. The van der Waals surface area contributed by atoms with Gasteiger partial charge in [-0.25, -0.2) is 0 Å². The monoisotopic (exact) mass is 354 g/mol. The molecule has 0 aliphatic rings. The molecule has 1 atom stereocenters. The van der Waals surface area contributed by atoms with Crippen molar-refractivity contribution in [2.75, 3.05) is 10.6 Å². The second-order valence-corrected chi connectivity index (χ2v) is 6.47. The van der Waals surface area contributed by atoms with Gasteiger partial charge in [-0.3, -0.25) is 9.59 Å². The maximum absolute atomic E-state index is 12.4. The highest BCUT2D eigenvalue weighted by atomic mass is 16.5. The summed E-state index contributed by atoms with van der Waals surface area (Å²) in [6.45, 7) is 7.44. The van der Waals surface area contributed by atoms with Crippen LogP contribution in [0.3, 0.4) is 0 Å².